The van der Waals surface area contributed by atoms with Crippen LogP contribution in [0, 0.1) is 0 Å². The number of carbonyl (C=O) groups excluding carboxylic acids is 1. The van der Waals surface area contributed by atoms with Crippen LogP contribution in [-0.2, 0) is 4.79 Å². The van der Waals surface area contributed by atoms with Crippen LogP contribution in [0.2, 0.25) is 5.02 Å². The highest BCUT2D eigenvalue weighted by atomic mass is 35.5. The van der Waals surface area contributed by atoms with Crippen LogP contribution in [-0.4, -0.2) is 18.0 Å². The van der Waals surface area contributed by atoms with Gasteiger partial charge in [-0.05, 0) is 45.4 Å². The molecule has 0 saturated heterocycles. The summed E-state index contributed by atoms with van der Waals surface area (Å²) in [5, 5.41) is 6.87. The molecule has 0 saturated carbocycles. The summed E-state index contributed by atoms with van der Waals surface area (Å²) in [7, 11) is 0. The Kier molecular flexibility index (Phi) is 5.63. The molecule has 0 heterocycles. The van der Waals surface area contributed by atoms with E-state index >= 15 is 0 Å². The lowest BCUT2D eigenvalue weighted by molar-refractivity contribution is -0.123. The Morgan fingerprint density at radius 2 is 1.67 bits per heavy atom. The first-order chi connectivity index (χ1) is 8.40. The van der Waals surface area contributed by atoms with E-state index in [1.165, 1.54) is 0 Å². The van der Waals surface area contributed by atoms with E-state index in [9.17, 15) is 4.79 Å². The van der Waals surface area contributed by atoms with Crippen LogP contribution in [0.15, 0.2) is 24.3 Å². The first-order valence-electron chi connectivity index (χ1n) is 6.22. The van der Waals surface area contributed by atoms with Crippen molar-refractivity contribution >= 4 is 17.5 Å². The van der Waals surface area contributed by atoms with Crippen molar-refractivity contribution < 1.29 is 4.79 Å². The van der Waals surface area contributed by atoms with Crippen LogP contribution in [0.1, 0.15) is 39.3 Å². The normalized spacial score (nSPS) is 14.3. The van der Waals surface area contributed by atoms with Crippen LogP contribution in [0.25, 0.3) is 0 Å². The minimum Gasteiger partial charge on any atom is -0.353 e. The summed E-state index contributed by atoms with van der Waals surface area (Å²) >= 11 is 5.85. The lowest BCUT2D eigenvalue weighted by Crippen LogP contribution is -2.45. The van der Waals surface area contributed by atoms with Gasteiger partial charge in [-0.3, -0.25) is 10.1 Å². The zero-order valence-corrected chi connectivity index (χ0v) is 12.1. The molecule has 0 spiro atoms. The molecule has 0 radical (unpaired) electrons. The molecule has 0 aromatic heterocycles. The third kappa shape index (κ3) is 4.67. The first kappa shape index (κ1) is 15.0. The highest BCUT2D eigenvalue weighted by molar-refractivity contribution is 6.30. The molecule has 0 aliphatic rings. The molecule has 1 rings (SSSR count). The Morgan fingerprint density at radius 3 is 2.17 bits per heavy atom. The summed E-state index contributed by atoms with van der Waals surface area (Å²) < 4.78 is 0. The van der Waals surface area contributed by atoms with Gasteiger partial charge in [0.25, 0.3) is 0 Å². The maximum absolute atomic E-state index is 11.8. The maximum Gasteiger partial charge on any atom is 0.237 e. The minimum absolute atomic E-state index is 0.0193. The molecule has 2 N–H and O–H groups in total. The van der Waals surface area contributed by atoms with Crippen LogP contribution >= 0.6 is 11.6 Å². The summed E-state index contributed by atoms with van der Waals surface area (Å²) in [5.74, 6) is 0.0193. The number of rotatable bonds is 5. The molecule has 3 nitrogen and oxygen atoms in total. The smallest absolute Gasteiger partial charge is 0.237 e. The van der Waals surface area contributed by atoms with Crippen molar-refractivity contribution in [3.63, 3.8) is 0 Å². The monoisotopic (exact) mass is 268 g/mol. The molecule has 4 heteroatoms. The number of hydrogen-bond donors (Lipinski definition) is 2. The van der Waals surface area contributed by atoms with Gasteiger partial charge in [-0.25, -0.2) is 0 Å². The summed E-state index contributed by atoms with van der Waals surface area (Å²) in [6.45, 7) is 7.80. The van der Waals surface area contributed by atoms with Crippen LogP contribution in [0.4, 0.5) is 0 Å². The van der Waals surface area contributed by atoms with Crippen molar-refractivity contribution in [2.24, 2.45) is 0 Å². The summed E-state index contributed by atoms with van der Waals surface area (Å²) in [6, 6.07) is 7.68. The lowest BCUT2D eigenvalue weighted by atomic mass is 10.1. The fourth-order valence-electron chi connectivity index (χ4n) is 1.71. The van der Waals surface area contributed by atoms with Crippen molar-refractivity contribution in [3.05, 3.63) is 34.9 Å². The van der Waals surface area contributed by atoms with Crippen molar-refractivity contribution in [2.45, 2.75) is 45.8 Å². The molecule has 0 fully saturated rings. The zero-order chi connectivity index (χ0) is 13.7. The first-order valence-corrected chi connectivity index (χ1v) is 6.60. The van der Waals surface area contributed by atoms with Gasteiger partial charge in [0.2, 0.25) is 5.91 Å². The number of carbonyl (C=O) groups is 1. The van der Waals surface area contributed by atoms with Crippen molar-refractivity contribution in [1.29, 1.82) is 0 Å². The largest absolute Gasteiger partial charge is 0.353 e. The Bertz CT molecular complexity index is 389. The predicted octanol–water partition coefficient (Wildman–Crippen LogP) is 2.90. The topological polar surface area (TPSA) is 41.1 Å². The molecule has 100 valence electrons. The Morgan fingerprint density at radius 1 is 1.11 bits per heavy atom. The number of benzene rings is 1. The van der Waals surface area contributed by atoms with Gasteiger partial charge < -0.3 is 5.32 Å². The van der Waals surface area contributed by atoms with E-state index in [1.54, 1.807) is 0 Å². The average molecular weight is 269 g/mol. The van der Waals surface area contributed by atoms with E-state index in [4.69, 9.17) is 11.6 Å². The highest BCUT2D eigenvalue weighted by Crippen LogP contribution is 2.16. The van der Waals surface area contributed by atoms with Crippen LogP contribution < -0.4 is 10.6 Å². The molecule has 2 atom stereocenters. The third-order valence-electron chi connectivity index (χ3n) is 2.69. The summed E-state index contributed by atoms with van der Waals surface area (Å²) in [5.41, 5.74) is 1.11. The van der Waals surface area contributed by atoms with Gasteiger partial charge in [-0.2, -0.15) is 0 Å². The van der Waals surface area contributed by atoms with Crippen molar-refractivity contribution in [3.8, 4) is 0 Å². The number of amides is 1. The van der Waals surface area contributed by atoms with Gasteiger partial charge in [-0.1, -0.05) is 23.7 Å². The van der Waals surface area contributed by atoms with Crippen LogP contribution in [0.3, 0.4) is 0 Å². The third-order valence-corrected chi connectivity index (χ3v) is 2.95. The minimum atomic E-state index is -0.224. The lowest BCUT2D eigenvalue weighted by Gasteiger charge is -2.21. The molecular weight excluding hydrogens is 248 g/mol. The molecule has 0 bridgehead atoms. The summed E-state index contributed by atoms with van der Waals surface area (Å²) in [4.78, 5) is 11.8. The van der Waals surface area contributed by atoms with Gasteiger partial charge in [-0.15, -0.1) is 0 Å². The standard InChI is InChI=1S/C14H21ClN2O/c1-9(2)16-14(18)11(4)17-10(3)12-5-7-13(15)8-6-12/h5-11,17H,1-4H3,(H,16,18)/t10-,11?/m0/s1. The maximum atomic E-state index is 11.8. The van der Waals surface area contributed by atoms with E-state index < -0.39 is 0 Å². The van der Waals surface area contributed by atoms with Gasteiger partial charge in [0.15, 0.2) is 0 Å². The number of halogens is 1. The van der Waals surface area contributed by atoms with Gasteiger partial charge in [0.05, 0.1) is 6.04 Å². The van der Waals surface area contributed by atoms with Crippen molar-refractivity contribution in [1.82, 2.24) is 10.6 Å². The summed E-state index contributed by atoms with van der Waals surface area (Å²) in [6.07, 6.45) is 0. The fourth-order valence-corrected chi connectivity index (χ4v) is 1.83. The molecule has 1 unspecified atom stereocenters. The van der Waals surface area contributed by atoms with Crippen LogP contribution in [0.5, 0.6) is 0 Å². The second kappa shape index (κ2) is 6.76. The molecule has 1 amide bonds. The highest BCUT2D eigenvalue weighted by Gasteiger charge is 2.16. The van der Waals surface area contributed by atoms with Crippen molar-refractivity contribution in [2.75, 3.05) is 0 Å². The van der Waals surface area contributed by atoms with E-state index in [-0.39, 0.29) is 24.0 Å². The van der Waals surface area contributed by atoms with E-state index in [2.05, 4.69) is 10.6 Å². The van der Waals surface area contributed by atoms with E-state index in [1.807, 2.05) is 52.0 Å². The second-order valence-electron chi connectivity index (χ2n) is 4.82. The number of nitrogens with one attached hydrogen (secondary N) is 2. The zero-order valence-electron chi connectivity index (χ0n) is 11.3. The molecule has 0 aliphatic carbocycles. The molecular formula is C14H21ClN2O. The van der Waals surface area contributed by atoms with Gasteiger partial charge in [0, 0.05) is 17.1 Å². The van der Waals surface area contributed by atoms with E-state index in [0.717, 1.165) is 10.6 Å². The SMILES string of the molecule is CC(C)NC(=O)C(C)N[C@@H](C)c1ccc(Cl)cc1. The van der Waals surface area contributed by atoms with Gasteiger partial charge >= 0.3 is 0 Å². The molecule has 0 aliphatic heterocycles. The predicted molar refractivity (Wildman–Crippen MR) is 75.7 cm³/mol. The molecule has 1 aromatic rings. The average Bonchev–Trinajstić information content (AvgIpc) is 2.28. The molecule has 1 aromatic carbocycles. The Hall–Kier alpha value is -1.06. The van der Waals surface area contributed by atoms with E-state index in [0.29, 0.717) is 0 Å². The Labute approximate surface area is 114 Å². The van der Waals surface area contributed by atoms with Gasteiger partial charge in [0.1, 0.15) is 0 Å². The Balaban J connectivity index is 2.56. The second-order valence-corrected chi connectivity index (χ2v) is 5.26. The number of hydrogen-bond acceptors (Lipinski definition) is 2. The fraction of sp³-hybridized carbons (Fsp3) is 0.500. The quantitative estimate of drug-likeness (QED) is 0.862. The molecule has 18 heavy (non-hydrogen) atoms.